The van der Waals surface area contributed by atoms with Crippen molar-refractivity contribution in [2.24, 2.45) is 11.8 Å². The molecule has 0 radical (unpaired) electrons. The van der Waals surface area contributed by atoms with Gasteiger partial charge in [0.15, 0.2) is 0 Å². The second-order valence-electron chi connectivity index (χ2n) is 15.8. The molecule has 4 saturated heterocycles. The van der Waals surface area contributed by atoms with Gasteiger partial charge in [0.05, 0.1) is 32.3 Å². The maximum absolute atomic E-state index is 14.7. The van der Waals surface area contributed by atoms with E-state index in [0.717, 1.165) is 62.9 Å². The molecule has 4 fully saturated rings. The zero-order chi connectivity index (χ0) is 47.6. The number of benzene rings is 2. The van der Waals surface area contributed by atoms with Gasteiger partial charge in [0.1, 0.15) is 11.6 Å². The number of aliphatic hydroxyl groups excluding tert-OH is 1. The van der Waals surface area contributed by atoms with Crippen LogP contribution in [0.25, 0.3) is 0 Å². The van der Waals surface area contributed by atoms with Crippen LogP contribution in [0.3, 0.4) is 0 Å². The minimum absolute atomic E-state index is 0.00984. The molecule has 10 nitrogen and oxygen atoms in total. The van der Waals surface area contributed by atoms with E-state index >= 15 is 0 Å². The summed E-state index contributed by atoms with van der Waals surface area (Å²) in [5.74, 6) is -3.70. The zero-order valence-corrected chi connectivity index (χ0v) is 34.8. The van der Waals surface area contributed by atoms with E-state index in [1.165, 1.54) is 6.07 Å². The van der Waals surface area contributed by atoms with Crippen LogP contribution in [0.5, 0.6) is 0 Å². The Kier molecular flexibility index (Phi) is 18.7. The number of aliphatic hydroxyl groups is 1. The largest absolute Gasteiger partial charge is 0.443 e. The molecule has 2 aromatic rings. The Hall–Kier alpha value is -3.71. The fourth-order valence-corrected chi connectivity index (χ4v) is 7.44. The zero-order valence-electron chi connectivity index (χ0n) is 34.8. The van der Waals surface area contributed by atoms with E-state index in [-0.39, 0.29) is 31.9 Å². The molecule has 0 spiro atoms. The van der Waals surface area contributed by atoms with Crippen molar-refractivity contribution in [3.8, 4) is 0 Å². The van der Waals surface area contributed by atoms with Crippen molar-refractivity contribution in [1.29, 1.82) is 0 Å². The van der Waals surface area contributed by atoms with Gasteiger partial charge in [0.25, 0.3) is 6.10 Å². The van der Waals surface area contributed by atoms with E-state index < -0.39 is 60.5 Å². The molecule has 0 aromatic heterocycles. The number of carbonyl (C=O) groups is 1. The highest BCUT2D eigenvalue weighted by Crippen LogP contribution is 2.38. The lowest BCUT2D eigenvalue weighted by atomic mass is 9.86. The highest BCUT2D eigenvalue weighted by molar-refractivity contribution is 5.73. The van der Waals surface area contributed by atoms with E-state index in [9.17, 15) is 66.3 Å². The second kappa shape index (κ2) is 22.7. The first-order chi connectivity index (χ1) is 29.7. The Morgan fingerprint density at radius 3 is 1.48 bits per heavy atom. The first-order valence-corrected chi connectivity index (χ1v) is 20.3. The highest BCUT2D eigenvalue weighted by Gasteiger charge is 2.60. The minimum Gasteiger partial charge on any atom is -0.443 e. The second-order valence-corrected chi connectivity index (χ2v) is 15.8. The summed E-state index contributed by atoms with van der Waals surface area (Å²) in [5.41, 5.74) is 2.90. The number of nitrogens with one attached hydrogen (secondary N) is 1. The predicted molar refractivity (Wildman–Crippen MR) is 204 cm³/mol. The average molecular weight is 948 g/mol. The number of hydrogen-bond donors (Lipinski definition) is 2. The number of esters is 1. The van der Waals surface area contributed by atoms with Crippen molar-refractivity contribution < 1.29 is 85.6 Å². The van der Waals surface area contributed by atoms with Crippen molar-refractivity contribution >= 4 is 17.3 Å². The summed E-state index contributed by atoms with van der Waals surface area (Å²) in [6.45, 7) is 13.5. The molecule has 64 heavy (non-hydrogen) atoms. The summed E-state index contributed by atoms with van der Waals surface area (Å²) >= 11 is 0. The van der Waals surface area contributed by atoms with E-state index in [4.69, 9.17) is 14.6 Å². The summed E-state index contributed by atoms with van der Waals surface area (Å²) < 4.78 is 185. The topological polar surface area (TPSA) is 90.0 Å². The highest BCUT2D eigenvalue weighted by atomic mass is 19.4. The van der Waals surface area contributed by atoms with Gasteiger partial charge in [-0.2, -0.15) is 52.7 Å². The van der Waals surface area contributed by atoms with Crippen LogP contribution in [0.2, 0.25) is 0 Å². The Balaban J connectivity index is 0.000000245. The Morgan fingerprint density at radius 2 is 1.12 bits per heavy atom. The molecule has 6 rings (SSSR count). The molecule has 0 saturated carbocycles. The number of likely N-dealkylation sites (tertiary alicyclic amines) is 1. The van der Waals surface area contributed by atoms with E-state index in [1.54, 1.807) is 25.1 Å². The lowest BCUT2D eigenvalue weighted by Gasteiger charge is -2.36. The molecule has 1 unspecified atom stereocenters. The van der Waals surface area contributed by atoms with E-state index in [1.807, 2.05) is 21.9 Å². The molecule has 3 atom stereocenters. The van der Waals surface area contributed by atoms with Crippen LogP contribution in [-0.2, 0) is 32.1 Å². The number of piperidine rings is 1. The molecule has 364 valence electrons. The maximum atomic E-state index is 14.7. The number of nitrogens with zero attached hydrogens (tertiary/aromatic N) is 4. The summed E-state index contributed by atoms with van der Waals surface area (Å²) in [5, 5.41) is 10.9. The third kappa shape index (κ3) is 16.0. The molecule has 4 heterocycles. The Bertz CT molecular complexity index is 1740. The number of ether oxygens (including phenoxy) is 3. The van der Waals surface area contributed by atoms with Gasteiger partial charge in [-0.25, -0.2) is 8.78 Å². The van der Waals surface area contributed by atoms with Crippen LogP contribution in [-0.4, -0.2) is 149 Å². The van der Waals surface area contributed by atoms with Gasteiger partial charge in [-0.15, -0.1) is 0 Å². The third-order valence-corrected chi connectivity index (χ3v) is 10.8. The van der Waals surface area contributed by atoms with Gasteiger partial charge < -0.3 is 34.4 Å². The lowest BCUT2D eigenvalue weighted by Crippen LogP contribution is -2.49. The number of piperazine rings is 1. The van der Waals surface area contributed by atoms with Gasteiger partial charge in [0, 0.05) is 94.0 Å². The van der Waals surface area contributed by atoms with E-state index in [0.29, 0.717) is 44.5 Å². The fraction of sp³-hybridized carbons (Fsp3) is 0.675. The summed E-state index contributed by atoms with van der Waals surface area (Å²) in [7, 11) is 0. The van der Waals surface area contributed by atoms with Gasteiger partial charge in [0.2, 0.25) is 6.10 Å². The van der Waals surface area contributed by atoms with Crippen LogP contribution in [0.4, 0.5) is 72.8 Å². The average Bonchev–Trinajstić information content (AvgIpc) is 3.21. The molecular weight excluding hydrogens is 896 g/mol. The first-order valence-electron chi connectivity index (χ1n) is 20.3. The normalized spacial score (nSPS) is 22.1. The van der Waals surface area contributed by atoms with Gasteiger partial charge >= 0.3 is 30.7 Å². The lowest BCUT2D eigenvalue weighted by molar-refractivity contribution is -0.315. The van der Waals surface area contributed by atoms with Crippen molar-refractivity contribution in [3.05, 3.63) is 59.2 Å². The van der Waals surface area contributed by atoms with Crippen molar-refractivity contribution in [2.75, 3.05) is 95.1 Å². The van der Waals surface area contributed by atoms with Crippen molar-refractivity contribution in [2.45, 2.75) is 76.3 Å². The molecule has 2 N–H and O–H groups in total. The van der Waals surface area contributed by atoms with Crippen molar-refractivity contribution in [1.82, 2.24) is 15.1 Å². The molecule has 24 heteroatoms. The SMILES string of the molecule is C[C@H]1CN(Cc2ccc(N3CCOCC3)cc2F)CCC1C(=O)OC(C(F)(F)F)C(F)(F)F.C[C@H]1CN(Cc2ccc(N3CCOCC3)cc2F)CCN1.OC(C(F)(F)F)C(F)(F)F. The summed E-state index contributed by atoms with van der Waals surface area (Å²) in [6.07, 6.45) is -31.1. The Morgan fingerprint density at radius 1 is 0.688 bits per heavy atom. The minimum atomic E-state index is -5.75. The Labute approximate surface area is 360 Å². The summed E-state index contributed by atoms with van der Waals surface area (Å²) in [4.78, 5) is 20.4. The van der Waals surface area contributed by atoms with Gasteiger partial charge in [-0.1, -0.05) is 19.1 Å². The molecule has 4 aliphatic rings. The smallest absolute Gasteiger partial charge is 0.434 e. The number of carbonyl (C=O) groups excluding carboxylic acids is 1. The number of alkyl halides is 12. The summed E-state index contributed by atoms with van der Waals surface area (Å²) in [6, 6.07) is 11.0. The fourth-order valence-electron chi connectivity index (χ4n) is 7.44. The van der Waals surface area contributed by atoms with Gasteiger partial charge in [-0.3, -0.25) is 14.6 Å². The standard InChI is InChI=1S/C21H25F7N2O3.C16H24FN3O.C3H2F6O/c1-13-11-29(5-4-16(13)18(31)33-19(20(23,24)25)21(26,27)28)12-14-2-3-15(10-17(14)22)30-6-8-32-9-7-30;1-13-11-19(5-4-18-13)12-14-2-3-15(10-16(14)17)20-6-8-21-9-7-20;4-2(5,6)1(10)3(7,8)9/h2-3,10,13,16,19H,4-9,11-12H2,1H3;2-3,10,13,18H,4-9,11-12H2,1H3;1,10H/t13-,16?;13-;/m00./s1. The quantitative estimate of drug-likeness (QED) is 0.212. The molecule has 0 amide bonds. The van der Waals surface area contributed by atoms with Gasteiger partial charge in [-0.05, 0) is 50.1 Å². The first kappa shape index (κ1) is 52.9. The third-order valence-electron chi connectivity index (χ3n) is 10.8. The molecule has 2 aromatic carbocycles. The predicted octanol–water partition coefficient (Wildman–Crippen LogP) is 7.08. The van der Waals surface area contributed by atoms with Crippen LogP contribution in [0.15, 0.2) is 36.4 Å². The molecular formula is C40H51F14N5O5. The van der Waals surface area contributed by atoms with Crippen LogP contribution in [0, 0.1) is 23.5 Å². The monoisotopic (exact) mass is 947 g/mol. The van der Waals surface area contributed by atoms with Crippen LogP contribution in [0.1, 0.15) is 31.4 Å². The number of anilines is 2. The van der Waals surface area contributed by atoms with E-state index in [2.05, 4.69) is 26.8 Å². The molecule has 0 aliphatic carbocycles. The number of morpholine rings is 2. The maximum Gasteiger partial charge on any atom is 0.434 e. The number of rotatable bonds is 8. The van der Waals surface area contributed by atoms with Crippen molar-refractivity contribution in [3.63, 3.8) is 0 Å². The van der Waals surface area contributed by atoms with Crippen LogP contribution >= 0.6 is 0 Å². The number of halogens is 14. The van der Waals surface area contributed by atoms with Crippen LogP contribution < -0.4 is 15.1 Å². The molecule has 4 aliphatic heterocycles. The molecule has 0 bridgehead atoms. The number of hydrogen-bond acceptors (Lipinski definition) is 10.